The number of Topliss-reactive ketones (excluding diaryl/α,β-unsaturated/α-hetero) is 1. The van der Waals surface area contributed by atoms with Gasteiger partial charge in [-0.25, -0.2) is 0 Å². The van der Waals surface area contributed by atoms with Crippen molar-refractivity contribution in [3.05, 3.63) is 71.1 Å². The van der Waals surface area contributed by atoms with E-state index in [4.69, 9.17) is 4.74 Å². The SMILES string of the molecule is O=C(N[C@@H](Cc1ccccc1)C(=O)N1CC[C@H]2OCC(=O)[C@H]21)c1cc2ccccc2s1. The lowest BCUT2D eigenvalue weighted by molar-refractivity contribution is -0.138. The summed E-state index contributed by atoms with van der Waals surface area (Å²) in [6, 6.07) is 18.0. The van der Waals surface area contributed by atoms with Crippen LogP contribution in [0.4, 0.5) is 0 Å². The van der Waals surface area contributed by atoms with Gasteiger partial charge in [0.2, 0.25) is 5.91 Å². The molecule has 2 saturated heterocycles. The molecule has 2 fully saturated rings. The van der Waals surface area contributed by atoms with Crippen LogP contribution in [0.2, 0.25) is 0 Å². The summed E-state index contributed by atoms with van der Waals surface area (Å²) in [6.07, 6.45) is 0.774. The maximum atomic E-state index is 13.5. The largest absolute Gasteiger partial charge is 0.368 e. The zero-order chi connectivity index (χ0) is 21.4. The predicted molar refractivity (Wildman–Crippen MR) is 118 cm³/mol. The highest BCUT2D eigenvalue weighted by Gasteiger charge is 2.48. The number of fused-ring (bicyclic) bond motifs is 2. The van der Waals surface area contributed by atoms with Gasteiger partial charge in [-0.1, -0.05) is 48.5 Å². The molecule has 0 radical (unpaired) electrons. The number of amides is 2. The summed E-state index contributed by atoms with van der Waals surface area (Å²) in [6.45, 7) is 0.514. The van der Waals surface area contributed by atoms with E-state index in [-0.39, 0.29) is 30.3 Å². The summed E-state index contributed by atoms with van der Waals surface area (Å²) in [7, 11) is 0. The highest BCUT2D eigenvalue weighted by molar-refractivity contribution is 7.20. The molecule has 158 valence electrons. The third-order valence-electron chi connectivity index (χ3n) is 5.93. The molecule has 2 aromatic carbocycles. The summed E-state index contributed by atoms with van der Waals surface area (Å²) in [5.41, 5.74) is 0.947. The van der Waals surface area contributed by atoms with Crippen molar-refractivity contribution < 1.29 is 19.1 Å². The second-order valence-electron chi connectivity index (χ2n) is 7.95. The third-order valence-corrected chi connectivity index (χ3v) is 7.05. The average Bonchev–Trinajstić information content (AvgIpc) is 3.49. The molecule has 0 unspecified atom stereocenters. The Morgan fingerprint density at radius 1 is 1.13 bits per heavy atom. The molecule has 0 saturated carbocycles. The number of nitrogens with zero attached hydrogens (tertiary/aromatic N) is 1. The molecule has 2 aliphatic rings. The Morgan fingerprint density at radius 3 is 2.71 bits per heavy atom. The van der Waals surface area contributed by atoms with Crippen LogP contribution in [0.5, 0.6) is 0 Å². The Balaban J connectivity index is 1.40. The van der Waals surface area contributed by atoms with Crippen molar-refractivity contribution in [1.82, 2.24) is 10.2 Å². The van der Waals surface area contributed by atoms with Gasteiger partial charge >= 0.3 is 0 Å². The van der Waals surface area contributed by atoms with Crippen LogP contribution < -0.4 is 5.32 Å². The van der Waals surface area contributed by atoms with Crippen LogP contribution >= 0.6 is 11.3 Å². The van der Waals surface area contributed by atoms with Gasteiger partial charge in [-0.2, -0.15) is 0 Å². The lowest BCUT2D eigenvalue weighted by Gasteiger charge is -2.27. The van der Waals surface area contributed by atoms with E-state index >= 15 is 0 Å². The van der Waals surface area contributed by atoms with E-state index in [2.05, 4.69) is 5.32 Å². The number of likely N-dealkylation sites (tertiary alicyclic amines) is 1. The lowest BCUT2D eigenvalue weighted by atomic mass is 10.0. The topological polar surface area (TPSA) is 75.7 Å². The van der Waals surface area contributed by atoms with E-state index in [1.54, 1.807) is 4.90 Å². The van der Waals surface area contributed by atoms with E-state index in [1.807, 2.05) is 60.7 Å². The molecule has 1 N–H and O–H groups in total. The van der Waals surface area contributed by atoms with Gasteiger partial charge in [-0.15, -0.1) is 11.3 Å². The van der Waals surface area contributed by atoms with Crippen LogP contribution in [-0.4, -0.2) is 53.8 Å². The molecule has 6 nitrogen and oxygen atoms in total. The quantitative estimate of drug-likeness (QED) is 0.670. The standard InChI is InChI=1S/C24H22N2O4S/c27-18-14-30-19-10-11-26(22(18)19)24(29)17(12-15-6-2-1-3-7-15)25-23(28)21-13-16-8-4-5-9-20(16)31-21/h1-9,13,17,19,22H,10-12,14H2,(H,25,28)/t17-,19+,22+/m0/s1. The smallest absolute Gasteiger partial charge is 0.262 e. The van der Waals surface area contributed by atoms with Gasteiger partial charge in [0.15, 0.2) is 5.78 Å². The minimum atomic E-state index is -0.757. The van der Waals surface area contributed by atoms with Crippen molar-refractivity contribution in [2.24, 2.45) is 0 Å². The fraction of sp³-hybridized carbons (Fsp3) is 0.292. The maximum Gasteiger partial charge on any atom is 0.262 e. The Kier molecular flexibility index (Phi) is 5.29. The normalized spacial score (nSPS) is 21.3. The van der Waals surface area contributed by atoms with Crippen LogP contribution in [0.3, 0.4) is 0 Å². The summed E-state index contributed by atoms with van der Waals surface area (Å²) in [4.78, 5) is 41.0. The molecule has 3 aromatic rings. The molecule has 2 aliphatic heterocycles. The van der Waals surface area contributed by atoms with E-state index in [9.17, 15) is 14.4 Å². The number of rotatable bonds is 5. The molecule has 1 aromatic heterocycles. The number of carbonyl (C=O) groups is 3. The first kappa shape index (κ1) is 19.9. The van der Waals surface area contributed by atoms with Crippen LogP contribution in [0.15, 0.2) is 60.7 Å². The van der Waals surface area contributed by atoms with Gasteiger partial charge in [0.25, 0.3) is 5.91 Å². The fourth-order valence-corrected chi connectivity index (χ4v) is 5.38. The molecule has 0 spiro atoms. The molecule has 0 aliphatic carbocycles. The second kappa shape index (κ2) is 8.24. The number of carbonyl (C=O) groups excluding carboxylic acids is 3. The summed E-state index contributed by atoms with van der Waals surface area (Å²) < 4.78 is 6.55. The Hall–Kier alpha value is -3.03. The number of nitrogens with one attached hydrogen (secondary N) is 1. The van der Waals surface area contributed by atoms with E-state index in [0.717, 1.165) is 15.6 Å². The highest BCUT2D eigenvalue weighted by atomic mass is 32.1. The number of thiophene rings is 1. The average molecular weight is 435 g/mol. The Labute approximate surface area is 183 Å². The van der Waals surface area contributed by atoms with Crippen LogP contribution in [0, 0.1) is 0 Å². The minimum absolute atomic E-state index is 0.0522. The predicted octanol–water partition coefficient (Wildman–Crippen LogP) is 2.81. The van der Waals surface area contributed by atoms with Gasteiger partial charge in [0.05, 0.1) is 11.0 Å². The number of hydrogen-bond donors (Lipinski definition) is 1. The molecule has 3 heterocycles. The zero-order valence-corrected chi connectivity index (χ0v) is 17.6. The maximum absolute atomic E-state index is 13.5. The molecular weight excluding hydrogens is 412 g/mol. The highest BCUT2D eigenvalue weighted by Crippen LogP contribution is 2.28. The molecule has 0 bridgehead atoms. The lowest BCUT2D eigenvalue weighted by Crippen LogP contribution is -2.53. The first-order valence-electron chi connectivity index (χ1n) is 10.4. The number of hydrogen-bond acceptors (Lipinski definition) is 5. The third kappa shape index (κ3) is 3.86. The fourth-order valence-electron chi connectivity index (χ4n) is 4.41. The van der Waals surface area contributed by atoms with Crippen LogP contribution in [0.1, 0.15) is 21.7 Å². The van der Waals surface area contributed by atoms with Gasteiger partial charge in [0.1, 0.15) is 18.7 Å². The van der Waals surface area contributed by atoms with E-state index < -0.39 is 12.1 Å². The van der Waals surface area contributed by atoms with Crippen LogP contribution in [0.25, 0.3) is 10.1 Å². The van der Waals surface area contributed by atoms with Crippen molar-refractivity contribution in [2.45, 2.75) is 31.0 Å². The Morgan fingerprint density at radius 2 is 1.90 bits per heavy atom. The van der Waals surface area contributed by atoms with Gasteiger partial charge in [-0.05, 0) is 29.5 Å². The van der Waals surface area contributed by atoms with Gasteiger partial charge in [0, 0.05) is 17.7 Å². The molecule has 7 heteroatoms. The van der Waals surface area contributed by atoms with Gasteiger partial charge < -0.3 is 15.0 Å². The van der Waals surface area contributed by atoms with Crippen molar-refractivity contribution >= 4 is 39.0 Å². The summed E-state index contributed by atoms with van der Waals surface area (Å²) in [5.74, 6) is -0.574. The number of benzene rings is 2. The van der Waals surface area contributed by atoms with Crippen molar-refractivity contribution in [1.29, 1.82) is 0 Å². The first-order valence-corrected chi connectivity index (χ1v) is 11.2. The summed E-state index contributed by atoms with van der Waals surface area (Å²) >= 11 is 1.40. The van der Waals surface area contributed by atoms with Crippen molar-refractivity contribution in [3.63, 3.8) is 0 Å². The monoisotopic (exact) mass is 434 g/mol. The van der Waals surface area contributed by atoms with E-state index in [0.29, 0.717) is 24.3 Å². The number of ketones is 1. The molecule has 31 heavy (non-hydrogen) atoms. The minimum Gasteiger partial charge on any atom is -0.368 e. The van der Waals surface area contributed by atoms with Crippen LogP contribution in [-0.2, 0) is 20.7 Å². The first-order chi connectivity index (χ1) is 15.1. The molecule has 3 atom stereocenters. The number of ether oxygens (including phenoxy) is 1. The van der Waals surface area contributed by atoms with E-state index in [1.165, 1.54) is 11.3 Å². The van der Waals surface area contributed by atoms with Crippen molar-refractivity contribution in [3.8, 4) is 0 Å². The van der Waals surface area contributed by atoms with Gasteiger partial charge in [-0.3, -0.25) is 14.4 Å². The summed E-state index contributed by atoms with van der Waals surface area (Å²) in [5, 5.41) is 3.94. The molecular formula is C24H22N2O4S. The Bertz CT molecular complexity index is 1110. The molecule has 2 amide bonds. The van der Waals surface area contributed by atoms with Crippen molar-refractivity contribution in [2.75, 3.05) is 13.2 Å². The molecule has 5 rings (SSSR count). The second-order valence-corrected chi connectivity index (χ2v) is 9.03. The zero-order valence-electron chi connectivity index (χ0n) is 16.8.